The third-order valence-corrected chi connectivity index (χ3v) is 7.34. The summed E-state index contributed by atoms with van der Waals surface area (Å²) in [6, 6.07) is 14.0. The van der Waals surface area contributed by atoms with Crippen molar-refractivity contribution >= 4 is 30.0 Å². The molecule has 0 bridgehead atoms. The van der Waals surface area contributed by atoms with E-state index in [0.29, 0.717) is 37.6 Å². The summed E-state index contributed by atoms with van der Waals surface area (Å²) in [5.74, 6) is -0.226. The highest BCUT2D eigenvalue weighted by molar-refractivity contribution is 5.93. The van der Waals surface area contributed by atoms with Gasteiger partial charge in [0, 0.05) is 24.1 Å². The predicted octanol–water partition coefficient (Wildman–Crippen LogP) is 7.11. The van der Waals surface area contributed by atoms with Crippen LogP contribution < -0.4 is 14.2 Å². The number of hydrogen-bond acceptors (Lipinski definition) is 10. The number of carbonyl (C=O) groups excluding carboxylic acids is 4. The molecule has 0 N–H and O–H groups in total. The highest BCUT2D eigenvalue weighted by Crippen LogP contribution is 2.22. The van der Waals surface area contributed by atoms with Crippen LogP contribution in [0.25, 0.3) is 6.08 Å². The second kappa shape index (κ2) is 21.8. The van der Waals surface area contributed by atoms with Crippen molar-refractivity contribution in [2.75, 3.05) is 26.4 Å². The Labute approximate surface area is 282 Å². The first-order chi connectivity index (χ1) is 23.3. The average Bonchev–Trinajstić information content (AvgIpc) is 3.09. The molecule has 0 aromatic heterocycles. The normalized spacial score (nSPS) is 12.9. The van der Waals surface area contributed by atoms with Crippen LogP contribution >= 0.6 is 0 Å². The van der Waals surface area contributed by atoms with Crippen molar-refractivity contribution in [2.24, 2.45) is 0 Å². The molecule has 2 aromatic carbocycles. The monoisotopic (exact) mass is 662 g/mol. The topological polar surface area (TPSA) is 124 Å². The van der Waals surface area contributed by atoms with Crippen LogP contribution in [0.4, 0.5) is 0 Å². The van der Waals surface area contributed by atoms with Gasteiger partial charge in [0.05, 0.1) is 32.8 Å². The van der Waals surface area contributed by atoms with Crippen LogP contribution in [-0.4, -0.2) is 56.4 Å². The van der Waals surface area contributed by atoms with Crippen LogP contribution in [0.15, 0.2) is 79.4 Å². The molecule has 1 saturated carbocycles. The van der Waals surface area contributed by atoms with E-state index in [4.69, 9.17) is 28.4 Å². The molecule has 0 saturated heterocycles. The molecule has 10 heteroatoms. The van der Waals surface area contributed by atoms with Gasteiger partial charge in [-0.2, -0.15) is 0 Å². The molecule has 0 heterocycles. The van der Waals surface area contributed by atoms with Gasteiger partial charge in [0.25, 0.3) is 0 Å². The summed E-state index contributed by atoms with van der Waals surface area (Å²) in [5.41, 5.74) is 0.944. The molecule has 3 rings (SSSR count). The Bertz CT molecular complexity index is 1350. The molecule has 2 aromatic rings. The summed E-state index contributed by atoms with van der Waals surface area (Å²) in [4.78, 5) is 47.4. The summed E-state index contributed by atoms with van der Waals surface area (Å²) in [6.45, 7) is 8.46. The summed E-state index contributed by atoms with van der Waals surface area (Å²) in [6.07, 6.45) is 12.9. The summed E-state index contributed by atoms with van der Waals surface area (Å²) >= 11 is 0. The van der Waals surface area contributed by atoms with Crippen molar-refractivity contribution in [3.63, 3.8) is 0 Å². The number of carbonyl (C=O) groups is 4. The number of hydrogen-bond donors (Lipinski definition) is 0. The molecule has 10 nitrogen and oxygen atoms in total. The summed E-state index contributed by atoms with van der Waals surface area (Å²) in [7, 11) is 0. The Kier molecular flexibility index (Phi) is 17.1. The fourth-order valence-electron chi connectivity index (χ4n) is 4.75. The molecule has 1 fully saturated rings. The van der Waals surface area contributed by atoms with Crippen molar-refractivity contribution in [2.45, 2.75) is 76.7 Å². The maximum absolute atomic E-state index is 12.2. The average molecular weight is 663 g/mol. The quantitative estimate of drug-likeness (QED) is 0.0449. The van der Waals surface area contributed by atoms with E-state index >= 15 is 0 Å². The first-order valence-corrected chi connectivity index (χ1v) is 16.5. The lowest BCUT2D eigenvalue weighted by Crippen LogP contribution is -2.22. The Hall–Kier alpha value is -4.86. The van der Waals surface area contributed by atoms with Crippen LogP contribution in [0, 0.1) is 0 Å². The van der Waals surface area contributed by atoms with E-state index in [1.165, 1.54) is 12.5 Å². The summed E-state index contributed by atoms with van der Waals surface area (Å²) in [5, 5.41) is 0. The number of ether oxygens (including phenoxy) is 6. The highest BCUT2D eigenvalue weighted by Gasteiger charge is 2.20. The Morgan fingerprint density at radius 2 is 1.27 bits per heavy atom. The fourth-order valence-corrected chi connectivity index (χ4v) is 4.75. The number of esters is 4. The zero-order valence-corrected chi connectivity index (χ0v) is 27.5. The highest BCUT2D eigenvalue weighted by atomic mass is 16.6. The van der Waals surface area contributed by atoms with Gasteiger partial charge in [-0.15, -0.1) is 0 Å². The molecule has 0 radical (unpaired) electrons. The molecule has 0 atom stereocenters. The SMILES string of the molecule is C=CC(=O)OCCCOc1ccc(OC(=O)/C=C/c2ccc(OCCCCCCOC(=O)C(=C)CC(=O)OC3CCCCC3)cc2)cc1. The van der Waals surface area contributed by atoms with Gasteiger partial charge >= 0.3 is 23.9 Å². The van der Waals surface area contributed by atoms with Crippen LogP contribution in [0.3, 0.4) is 0 Å². The maximum Gasteiger partial charge on any atom is 0.336 e. The lowest BCUT2D eigenvalue weighted by molar-refractivity contribution is -0.151. The van der Waals surface area contributed by atoms with Crippen LogP contribution in [0.1, 0.15) is 76.2 Å². The van der Waals surface area contributed by atoms with E-state index in [1.807, 2.05) is 24.3 Å². The molecular formula is C38H46O10. The van der Waals surface area contributed by atoms with Gasteiger partial charge in [-0.3, -0.25) is 4.79 Å². The van der Waals surface area contributed by atoms with Gasteiger partial charge in [0.2, 0.25) is 0 Å². The summed E-state index contributed by atoms with van der Waals surface area (Å²) < 4.78 is 32.3. The zero-order chi connectivity index (χ0) is 34.4. The Morgan fingerprint density at radius 3 is 1.94 bits per heavy atom. The molecule has 0 amide bonds. The van der Waals surface area contributed by atoms with Crippen LogP contribution in [-0.2, 0) is 33.4 Å². The van der Waals surface area contributed by atoms with Gasteiger partial charge in [-0.05, 0) is 99.4 Å². The third kappa shape index (κ3) is 15.6. The number of unbranched alkanes of at least 4 members (excludes halogenated alkanes) is 3. The lowest BCUT2D eigenvalue weighted by atomic mass is 9.98. The smallest absolute Gasteiger partial charge is 0.336 e. The van der Waals surface area contributed by atoms with E-state index in [9.17, 15) is 19.2 Å². The van der Waals surface area contributed by atoms with Crippen molar-refractivity contribution in [3.8, 4) is 17.2 Å². The van der Waals surface area contributed by atoms with Crippen molar-refractivity contribution in [3.05, 3.63) is 85.0 Å². The first-order valence-electron chi connectivity index (χ1n) is 16.5. The largest absolute Gasteiger partial charge is 0.494 e. The molecule has 0 spiro atoms. The minimum atomic E-state index is -0.550. The molecule has 1 aliphatic carbocycles. The number of benzene rings is 2. The Balaban J connectivity index is 1.21. The van der Waals surface area contributed by atoms with Gasteiger partial charge in [0.1, 0.15) is 23.4 Å². The lowest BCUT2D eigenvalue weighted by Gasteiger charge is -2.21. The van der Waals surface area contributed by atoms with Crippen molar-refractivity contribution in [1.29, 1.82) is 0 Å². The maximum atomic E-state index is 12.2. The molecule has 0 aliphatic heterocycles. The molecule has 1 aliphatic rings. The minimum absolute atomic E-state index is 0.0422. The first kappa shape index (κ1) is 37.6. The predicted molar refractivity (Wildman–Crippen MR) is 180 cm³/mol. The fraction of sp³-hybridized carbons (Fsp3) is 0.421. The second-order valence-corrected chi connectivity index (χ2v) is 11.3. The van der Waals surface area contributed by atoms with E-state index in [1.54, 1.807) is 30.3 Å². The van der Waals surface area contributed by atoms with Crippen molar-refractivity contribution < 1.29 is 47.6 Å². The number of rotatable bonds is 21. The van der Waals surface area contributed by atoms with E-state index in [0.717, 1.165) is 62.3 Å². The van der Waals surface area contributed by atoms with Crippen molar-refractivity contribution in [1.82, 2.24) is 0 Å². The minimum Gasteiger partial charge on any atom is -0.494 e. The standard InChI is InChI=1S/C38H46O10/c1-3-35(39)45-27-11-26-44-32-19-21-34(22-20-32)47-36(40)23-16-30-14-17-31(18-15-30)43-24-9-4-5-10-25-46-38(42)29(2)28-37(41)48-33-12-7-6-8-13-33/h3,14-23,33H,1-2,4-13,24-28H2/b23-16+. The van der Waals surface area contributed by atoms with Gasteiger partial charge in [-0.25, -0.2) is 14.4 Å². The van der Waals surface area contributed by atoms with Crippen LogP contribution in [0.5, 0.6) is 17.2 Å². The Morgan fingerprint density at radius 1 is 0.688 bits per heavy atom. The molecule has 48 heavy (non-hydrogen) atoms. The van der Waals surface area contributed by atoms with Gasteiger partial charge in [-0.1, -0.05) is 31.7 Å². The van der Waals surface area contributed by atoms with Crippen LogP contribution in [0.2, 0.25) is 0 Å². The molecule has 0 unspecified atom stereocenters. The molecular weight excluding hydrogens is 616 g/mol. The van der Waals surface area contributed by atoms with E-state index in [-0.39, 0.29) is 31.3 Å². The van der Waals surface area contributed by atoms with Gasteiger partial charge < -0.3 is 28.4 Å². The zero-order valence-electron chi connectivity index (χ0n) is 27.5. The van der Waals surface area contributed by atoms with E-state index < -0.39 is 23.9 Å². The van der Waals surface area contributed by atoms with Gasteiger partial charge in [0.15, 0.2) is 0 Å². The van der Waals surface area contributed by atoms with E-state index in [2.05, 4.69) is 13.2 Å². The second-order valence-electron chi connectivity index (χ2n) is 11.3. The molecule has 258 valence electrons. The third-order valence-electron chi connectivity index (χ3n) is 7.34.